The van der Waals surface area contributed by atoms with Crippen molar-refractivity contribution in [2.24, 2.45) is 0 Å². The Hall–Kier alpha value is -1.92. The summed E-state index contributed by atoms with van der Waals surface area (Å²) < 4.78 is 0. The van der Waals surface area contributed by atoms with E-state index in [1.54, 1.807) is 0 Å². The lowest BCUT2D eigenvalue weighted by molar-refractivity contribution is -1.01. The van der Waals surface area contributed by atoms with Gasteiger partial charge in [-0.3, -0.25) is 9.59 Å². The summed E-state index contributed by atoms with van der Waals surface area (Å²) in [5, 5.41) is 5.98. The van der Waals surface area contributed by atoms with Gasteiger partial charge in [-0.15, -0.1) is 0 Å². The lowest BCUT2D eigenvalue weighted by atomic mass is 10.0. The molecule has 1 aromatic rings. The van der Waals surface area contributed by atoms with E-state index in [1.807, 2.05) is 19.1 Å². The third-order valence-corrected chi connectivity index (χ3v) is 5.43. The Morgan fingerprint density at radius 2 is 1.67 bits per heavy atom. The summed E-state index contributed by atoms with van der Waals surface area (Å²) in [6.45, 7) is 13.3. The van der Waals surface area contributed by atoms with E-state index in [9.17, 15) is 9.59 Å². The van der Waals surface area contributed by atoms with E-state index in [4.69, 9.17) is 0 Å². The maximum atomic E-state index is 12.6. The van der Waals surface area contributed by atoms with Crippen LogP contribution in [0.2, 0.25) is 0 Å². The lowest BCUT2D eigenvalue weighted by Crippen LogP contribution is -3.30. The minimum Gasteiger partial charge on any atom is -0.351 e. The molecule has 1 atom stereocenters. The Bertz CT molecular complexity index is 607. The van der Waals surface area contributed by atoms with Crippen molar-refractivity contribution in [3.8, 4) is 0 Å². The number of hydrogen-bond acceptors (Lipinski definition) is 2. The Kier molecular flexibility index (Phi) is 8.25. The maximum Gasteiger partial charge on any atom is 0.282 e. The van der Waals surface area contributed by atoms with Gasteiger partial charge in [-0.05, 0) is 37.0 Å². The molecule has 2 rings (SSSR count). The van der Waals surface area contributed by atoms with Gasteiger partial charge in [0.15, 0.2) is 12.6 Å². The van der Waals surface area contributed by atoms with Crippen LogP contribution in [0.3, 0.4) is 0 Å². The Labute approximate surface area is 163 Å². The first-order valence-corrected chi connectivity index (χ1v) is 10.3. The molecule has 0 radical (unpaired) electrons. The first-order valence-electron chi connectivity index (χ1n) is 10.3. The van der Waals surface area contributed by atoms with Crippen LogP contribution in [-0.2, 0) is 9.59 Å². The van der Waals surface area contributed by atoms with Crippen LogP contribution in [0.4, 0.5) is 5.69 Å². The van der Waals surface area contributed by atoms with E-state index in [1.165, 1.54) is 15.4 Å². The van der Waals surface area contributed by atoms with Gasteiger partial charge in [-0.1, -0.05) is 32.9 Å². The van der Waals surface area contributed by atoms with Crippen molar-refractivity contribution in [3.05, 3.63) is 29.8 Å². The summed E-state index contributed by atoms with van der Waals surface area (Å²) in [6.07, 6.45) is 0.964. The van der Waals surface area contributed by atoms with Gasteiger partial charge in [0.05, 0.1) is 0 Å². The second-order valence-electron chi connectivity index (χ2n) is 7.92. The first kappa shape index (κ1) is 21.4. The molecule has 1 heterocycles. The van der Waals surface area contributed by atoms with Crippen molar-refractivity contribution in [3.63, 3.8) is 0 Å². The fraction of sp³-hybridized carbons (Fsp3) is 0.619. The number of rotatable bonds is 8. The highest BCUT2D eigenvalue weighted by molar-refractivity contribution is 5.93. The van der Waals surface area contributed by atoms with Crippen LogP contribution in [0.5, 0.6) is 0 Å². The molecular weight excluding hydrogens is 340 g/mol. The Morgan fingerprint density at radius 1 is 1.04 bits per heavy atom. The van der Waals surface area contributed by atoms with E-state index in [-0.39, 0.29) is 17.9 Å². The fourth-order valence-electron chi connectivity index (χ4n) is 3.48. The molecule has 0 bridgehead atoms. The third kappa shape index (κ3) is 6.63. The van der Waals surface area contributed by atoms with Gasteiger partial charge in [0, 0.05) is 12.2 Å². The van der Waals surface area contributed by atoms with Gasteiger partial charge in [0.2, 0.25) is 0 Å². The number of piperazine rings is 1. The molecule has 1 aromatic carbocycles. The number of hydrogen-bond donors (Lipinski definition) is 4. The molecule has 0 spiro atoms. The minimum atomic E-state index is -0.0924. The smallest absolute Gasteiger partial charge is 0.282 e. The predicted octanol–water partition coefficient (Wildman–Crippen LogP) is -0.553. The van der Waals surface area contributed by atoms with Crippen LogP contribution < -0.4 is 20.4 Å². The van der Waals surface area contributed by atoms with Crippen molar-refractivity contribution in [1.29, 1.82) is 0 Å². The normalized spacial score (nSPS) is 20.9. The monoisotopic (exact) mass is 376 g/mol. The van der Waals surface area contributed by atoms with Crippen LogP contribution in [0.25, 0.3) is 0 Å². The summed E-state index contributed by atoms with van der Waals surface area (Å²) in [4.78, 5) is 27.1. The van der Waals surface area contributed by atoms with Gasteiger partial charge in [-0.2, -0.15) is 0 Å². The fourth-order valence-corrected chi connectivity index (χ4v) is 3.48. The minimum absolute atomic E-state index is 0.0615. The van der Waals surface area contributed by atoms with E-state index in [0.717, 1.165) is 44.8 Å². The molecule has 2 amide bonds. The quantitative estimate of drug-likeness (QED) is 0.492. The van der Waals surface area contributed by atoms with Gasteiger partial charge < -0.3 is 20.4 Å². The highest BCUT2D eigenvalue weighted by atomic mass is 16.2. The number of anilines is 1. The van der Waals surface area contributed by atoms with E-state index < -0.39 is 0 Å². The summed E-state index contributed by atoms with van der Waals surface area (Å²) in [5.41, 5.74) is 2.13. The van der Waals surface area contributed by atoms with Gasteiger partial charge in [0.1, 0.15) is 26.2 Å². The number of carbonyl (C=O) groups is 2. The third-order valence-electron chi connectivity index (χ3n) is 5.43. The number of amides is 2. The lowest BCUT2D eigenvalue weighted by Gasteiger charge is -2.32. The zero-order valence-electron chi connectivity index (χ0n) is 17.2. The molecule has 0 unspecified atom stereocenters. The number of benzene rings is 1. The average Bonchev–Trinajstić information content (AvgIpc) is 2.66. The van der Waals surface area contributed by atoms with Crippen LogP contribution >= 0.6 is 0 Å². The maximum absolute atomic E-state index is 12.6. The molecule has 6 heteroatoms. The second kappa shape index (κ2) is 10.4. The number of nitrogens with one attached hydrogen (secondary N) is 4. The SMILES string of the molecule is CCCNC(=O)C[NH+]1CC[NH+]([C@H](C)C(=O)Nc2ccc(C(C)C)cc2)CC1. The van der Waals surface area contributed by atoms with E-state index in [2.05, 4.69) is 43.5 Å². The van der Waals surface area contributed by atoms with Crippen LogP contribution in [0.15, 0.2) is 24.3 Å². The molecule has 1 saturated heterocycles. The van der Waals surface area contributed by atoms with E-state index in [0.29, 0.717) is 12.5 Å². The van der Waals surface area contributed by atoms with E-state index >= 15 is 0 Å². The molecule has 6 nitrogen and oxygen atoms in total. The van der Waals surface area contributed by atoms with Crippen molar-refractivity contribution >= 4 is 17.5 Å². The topological polar surface area (TPSA) is 67.1 Å². The van der Waals surface area contributed by atoms with Crippen molar-refractivity contribution in [2.45, 2.75) is 46.1 Å². The molecular formula is C21H36N4O2+2. The summed E-state index contributed by atoms with van der Waals surface area (Å²) in [7, 11) is 0. The summed E-state index contributed by atoms with van der Waals surface area (Å²) in [5.74, 6) is 0.679. The molecule has 150 valence electrons. The molecule has 0 aromatic heterocycles. The van der Waals surface area contributed by atoms with Gasteiger partial charge in [-0.25, -0.2) is 0 Å². The van der Waals surface area contributed by atoms with Crippen molar-refractivity contribution in [2.75, 3.05) is 44.6 Å². The molecule has 1 aliphatic heterocycles. The standard InChI is InChI=1S/C21H34N4O2/c1-5-10-22-20(26)15-24-11-13-25(14-12-24)17(4)21(27)23-19-8-6-18(7-9-19)16(2)3/h6-9,16-17H,5,10-15H2,1-4H3,(H,22,26)(H,23,27)/p+2/t17-/m1/s1. The molecule has 0 saturated carbocycles. The first-order chi connectivity index (χ1) is 12.9. The average molecular weight is 377 g/mol. The second-order valence-corrected chi connectivity index (χ2v) is 7.92. The molecule has 1 aliphatic rings. The zero-order chi connectivity index (χ0) is 19.8. The number of carbonyl (C=O) groups excluding carboxylic acids is 2. The zero-order valence-corrected chi connectivity index (χ0v) is 17.2. The van der Waals surface area contributed by atoms with Crippen molar-refractivity contribution in [1.82, 2.24) is 5.32 Å². The molecule has 0 aliphatic carbocycles. The predicted molar refractivity (Wildman–Crippen MR) is 108 cm³/mol. The van der Waals surface area contributed by atoms with Crippen molar-refractivity contribution < 1.29 is 19.4 Å². The van der Waals surface area contributed by atoms with Crippen LogP contribution in [0, 0.1) is 0 Å². The highest BCUT2D eigenvalue weighted by Gasteiger charge is 2.31. The molecule has 27 heavy (non-hydrogen) atoms. The van der Waals surface area contributed by atoms with Crippen LogP contribution in [-0.4, -0.2) is 57.1 Å². The van der Waals surface area contributed by atoms with Gasteiger partial charge >= 0.3 is 0 Å². The molecule has 1 fully saturated rings. The molecule has 4 N–H and O–H groups in total. The number of quaternary nitrogens is 2. The summed E-state index contributed by atoms with van der Waals surface area (Å²) >= 11 is 0. The largest absolute Gasteiger partial charge is 0.351 e. The summed E-state index contributed by atoms with van der Waals surface area (Å²) in [6, 6.07) is 8.01. The highest BCUT2D eigenvalue weighted by Crippen LogP contribution is 2.17. The Morgan fingerprint density at radius 3 is 2.22 bits per heavy atom. The van der Waals surface area contributed by atoms with Gasteiger partial charge in [0.25, 0.3) is 11.8 Å². The van der Waals surface area contributed by atoms with Crippen LogP contribution in [0.1, 0.15) is 45.6 Å². The Balaban J connectivity index is 1.78.